The molecule has 0 unspecified atom stereocenters. The summed E-state index contributed by atoms with van der Waals surface area (Å²) in [5.41, 5.74) is 5.88. The summed E-state index contributed by atoms with van der Waals surface area (Å²) in [5, 5.41) is 0. The van der Waals surface area contributed by atoms with E-state index in [9.17, 15) is 8.78 Å². The van der Waals surface area contributed by atoms with Gasteiger partial charge in [-0.1, -0.05) is 12.1 Å². The van der Waals surface area contributed by atoms with E-state index in [1.165, 1.54) is 12.1 Å². The molecule has 11 heavy (non-hydrogen) atoms. The first-order valence-corrected chi connectivity index (χ1v) is 3.22. The lowest BCUT2D eigenvalue weighted by atomic mass is 10.1. The van der Waals surface area contributed by atoms with Gasteiger partial charge in [-0.25, -0.2) is 8.78 Å². The van der Waals surface area contributed by atoms with Gasteiger partial charge in [0.05, 0.1) is 0 Å². The average Bonchev–Trinajstić information content (AvgIpc) is 2.05. The molecular weight excluding hydrogens is 148 g/mol. The zero-order chi connectivity index (χ0) is 8.27. The second-order valence-electron chi connectivity index (χ2n) is 2.16. The van der Waals surface area contributed by atoms with Gasteiger partial charge in [-0.15, -0.1) is 0 Å². The molecule has 1 rings (SSSR count). The molecule has 59 valence electrons. The molecular formula is C8H8F2N. The Morgan fingerprint density at radius 3 is 2.82 bits per heavy atom. The first kappa shape index (κ1) is 8.14. The number of hydrogen-bond acceptors (Lipinski definition) is 1. The second kappa shape index (κ2) is 3.44. The van der Waals surface area contributed by atoms with E-state index in [0.717, 1.165) is 0 Å². The molecule has 0 spiro atoms. The van der Waals surface area contributed by atoms with Gasteiger partial charge in [0.15, 0.2) is 0 Å². The molecule has 0 aromatic heterocycles. The minimum atomic E-state index is -2.46. The van der Waals surface area contributed by atoms with Crippen molar-refractivity contribution in [2.24, 2.45) is 5.73 Å². The van der Waals surface area contributed by atoms with E-state index in [1.54, 1.807) is 6.07 Å². The molecule has 0 heterocycles. The SMILES string of the molecule is NCc1cc[c]c(C(F)F)c1. The summed E-state index contributed by atoms with van der Waals surface area (Å²) in [6, 6.07) is 6.94. The summed E-state index contributed by atoms with van der Waals surface area (Å²) in [6.45, 7) is 0.286. The van der Waals surface area contributed by atoms with Crippen molar-refractivity contribution in [2.75, 3.05) is 0 Å². The zero-order valence-corrected chi connectivity index (χ0v) is 5.85. The number of hydrogen-bond donors (Lipinski definition) is 1. The molecule has 0 aliphatic heterocycles. The minimum absolute atomic E-state index is 0.0899. The number of nitrogens with two attached hydrogens (primary N) is 1. The van der Waals surface area contributed by atoms with Crippen LogP contribution in [0.15, 0.2) is 18.2 Å². The molecule has 0 fully saturated rings. The van der Waals surface area contributed by atoms with Crippen LogP contribution in [-0.4, -0.2) is 0 Å². The van der Waals surface area contributed by atoms with Crippen LogP contribution < -0.4 is 5.73 Å². The third-order valence-electron chi connectivity index (χ3n) is 1.36. The lowest BCUT2D eigenvalue weighted by molar-refractivity contribution is 0.151. The molecule has 0 saturated carbocycles. The van der Waals surface area contributed by atoms with Crippen LogP contribution in [0.2, 0.25) is 0 Å². The maximum atomic E-state index is 12.0. The molecule has 1 nitrogen and oxygen atoms in total. The molecule has 1 aromatic rings. The Hall–Kier alpha value is -0.960. The van der Waals surface area contributed by atoms with Crippen molar-refractivity contribution >= 4 is 0 Å². The summed E-state index contributed by atoms with van der Waals surface area (Å²) in [7, 11) is 0. The normalized spacial score (nSPS) is 10.5. The molecule has 0 bridgehead atoms. The van der Waals surface area contributed by atoms with Crippen LogP contribution in [0.25, 0.3) is 0 Å². The Bertz CT molecular complexity index is 235. The van der Waals surface area contributed by atoms with Crippen molar-refractivity contribution in [3.63, 3.8) is 0 Å². The number of benzene rings is 1. The van der Waals surface area contributed by atoms with Crippen molar-refractivity contribution in [1.29, 1.82) is 0 Å². The summed E-state index contributed by atoms with van der Waals surface area (Å²) in [4.78, 5) is 0. The van der Waals surface area contributed by atoms with Crippen molar-refractivity contribution in [3.8, 4) is 0 Å². The van der Waals surface area contributed by atoms with E-state index in [0.29, 0.717) is 5.56 Å². The minimum Gasteiger partial charge on any atom is -0.326 e. The van der Waals surface area contributed by atoms with E-state index in [2.05, 4.69) is 6.07 Å². The van der Waals surface area contributed by atoms with Crippen LogP contribution >= 0.6 is 0 Å². The number of alkyl halides is 2. The fourth-order valence-corrected chi connectivity index (χ4v) is 0.787. The molecule has 1 radical (unpaired) electrons. The van der Waals surface area contributed by atoms with Gasteiger partial charge < -0.3 is 5.73 Å². The van der Waals surface area contributed by atoms with Gasteiger partial charge in [0.25, 0.3) is 6.43 Å². The molecule has 0 saturated heterocycles. The first-order chi connectivity index (χ1) is 5.24. The predicted molar refractivity (Wildman–Crippen MR) is 38.1 cm³/mol. The fraction of sp³-hybridized carbons (Fsp3) is 0.250. The highest BCUT2D eigenvalue weighted by Crippen LogP contribution is 2.18. The van der Waals surface area contributed by atoms with Crippen LogP contribution in [0.1, 0.15) is 17.6 Å². The Kier molecular flexibility index (Phi) is 2.54. The van der Waals surface area contributed by atoms with Gasteiger partial charge in [-0.05, 0) is 17.7 Å². The summed E-state index contributed by atoms with van der Waals surface area (Å²) >= 11 is 0. The Morgan fingerprint density at radius 2 is 2.27 bits per heavy atom. The van der Waals surface area contributed by atoms with E-state index >= 15 is 0 Å². The quantitative estimate of drug-likeness (QED) is 0.695. The van der Waals surface area contributed by atoms with E-state index in [1.807, 2.05) is 0 Å². The lowest BCUT2D eigenvalue weighted by Crippen LogP contribution is -1.97. The highest BCUT2D eigenvalue weighted by molar-refractivity contribution is 5.22. The first-order valence-electron chi connectivity index (χ1n) is 3.22. The lowest BCUT2D eigenvalue weighted by Gasteiger charge is -2.00. The van der Waals surface area contributed by atoms with Gasteiger partial charge >= 0.3 is 0 Å². The summed E-state index contributed by atoms with van der Waals surface area (Å²) in [6.07, 6.45) is -2.46. The van der Waals surface area contributed by atoms with Crippen LogP contribution in [0.4, 0.5) is 8.78 Å². The van der Waals surface area contributed by atoms with Crippen LogP contribution in [0.5, 0.6) is 0 Å². The smallest absolute Gasteiger partial charge is 0.264 e. The highest BCUT2D eigenvalue weighted by Gasteiger charge is 2.06. The third kappa shape index (κ3) is 1.98. The molecule has 3 heteroatoms. The molecule has 0 aliphatic carbocycles. The fourth-order valence-electron chi connectivity index (χ4n) is 0.787. The molecule has 0 aliphatic rings. The maximum absolute atomic E-state index is 12.0. The van der Waals surface area contributed by atoms with Gasteiger partial charge in [0.2, 0.25) is 0 Å². The topological polar surface area (TPSA) is 26.0 Å². The van der Waals surface area contributed by atoms with Crippen LogP contribution in [-0.2, 0) is 6.54 Å². The summed E-state index contributed by atoms with van der Waals surface area (Å²) in [5.74, 6) is 0. The Morgan fingerprint density at radius 1 is 1.55 bits per heavy atom. The maximum Gasteiger partial charge on any atom is 0.264 e. The highest BCUT2D eigenvalue weighted by atomic mass is 19.3. The van der Waals surface area contributed by atoms with E-state index < -0.39 is 6.43 Å². The standard InChI is InChI=1S/C8H8F2N/c9-8(10)7-3-1-2-6(4-7)5-11/h1-2,4,8H,5,11H2. The largest absolute Gasteiger partial charge is 0.326 e. The van der Waals surface area contributed by atoms with Crippen molar-refractivity contribution in [1.82, 2.24) is 0 Å². The Labute approximate surface area is 63.8 Å². The molecule has 0 amide bonds. The monoisotopic (exact) mass is 156 g/mol. The number of rotatable bonds is 2. The van der Waals surface area contributed by atoms with Crippen LogP contribution in [0.3, 0.4) is 0 Å². The van der Waals surface area contributed by atoms with Crippen LogP contribution in [0, 0.1) is 6.07 Å². The molecule has 1 aromatic carbocycles. The van der Waals surface area contributed by atoms with Gasteiger partial charge in [-0.2, -0.15) is 0 Å². The molecule has 2 N–H and O–H groups in total. The Balaban J connectivity index is 2.91. The summed E-state index contributed by atoms with van der Waals surface area (Å²) < 4.78 is 24.0. The predicted octanol–water partition coefficient (Wildman–Crippen LogP) is 1.88. The third-order valence-corrected chi connectivity index (χ3v) is 1.36. The average molecular weight is 156 g/mol. The van der Waals surface area contributed by atoms with Crippen molar-refractivity contribution in [3.05, 3.63) is 35.4 Å². The van der Waals surface area contributed by atoms with E-state index in [-0.39, 0.29) is 12.1 Å². The molecule has 0 atom stereocenters. The van der Waals surface area contributed by atoms with Gasteiger partial charge in [0.1, 0.15) is 0 Å². The van der Waals surface area contributed by atoms with Gasteiger partial charge in [-0.3, -0.25) is 0 Å². The second-order valence-corrected chi connectivity index (χ2v) is 2.16. The van der Waals surface area contributed by atoms with E-state index in [4.69, 9.17) is 5.73 Å². The zero-order valence-electron chi connectivity index (χ0n) is 5.85. The van der Waals surface area contributed by atoms with Crippen molar-refractivity contribution < 1.29 is 8.78 Å². The van der Waals surface area contributed by atoms with Gasteiger partial charge in [0, 0.05) is 12.1 Å². The van der Waals surface area contributed by atoms with Crippen molar-refractivity contribution in [2.45, 2.75) is 13.0 Å². The number of halogens is 2.